The van der Waals surface area contributed by atoms with Crippen molar-refractivity contribution in [2.24, 2.45) is 0 Å². The Kier molecular flexibility index (Phi) is 2.92. The molecule has 1 fully saturated rings. The number of hydrogen-bond acceptors (Lipinski definition) is 5. The predicted octanol–water partition coefficient (Wildman–Crippen LogP) is 2.01. The van der Waals surface area contributed by atoms with Crippen LogP contribution >= 0.6 is 0 Å². The Morgan fingerprint density at radius 2 is 2.35 bits per heavy atom. The molecule has 1 saturated heterocycles. The Balaban J connectivity index is 1.68. The van der Waals surface area contributed by atoms with E-state index in [1.807, 2.05) is 12.1 Å². The van der Waals surface area contributed by atoms with Crippen LogP contribution in [0.25, 0.3) is 11.7 Å². The molecule has 5 heteroatoms. The summed E-state index contributed by atoms with van der Waals surface area (Å²) in [6, 6.07) is 4.09. The topological polar surface area (TPSA) is 64.1 Å². The quantitative estimate of drug-likeness (QED) is 0.878. The second-order valence-corrected chi connectivity index (χ2v) is 4.33. The molecule has 17 heavy (non-hydrogen) atoms. The average molecular weight is 233 g/mol. The Hall–Kier alpha value is -1.62. The summed E-state index contributed by atoms with van der Waals surface area (Å²) in [5.74, 6) is 1.76. The van der Waals surface area contributed by atoms with E-state index in [1.165, 1.54) is 19.3 Å². The average Bonchev–Trinajstić information content (AvgIpc) is 3.00. The van der Waals surface area contributed by atoms with Gasteiger partial charge in [0.05, 0.1) is 6.26 Å². The molecule has 2 aromatic heterocycles. The van der Waals surface area contributed by atoms with E-state index in [-0.39, 0.29) is 0 Å². The van der Waals surface area contributed by atoms with E-state index >= 15 is 0 Å². The predicted molar refractivity (Wildman–Crippen MR) is 61.3 cm³/mol. The summed E-state index contributed by atoms with van der Waals surface area (Å²) in [7, 11) is 0. The van der Waals surface area contributed by atoms with Crippen molar-refractivity contribution in [1.82, 2.24) is 15.5 Å². The number of rotatable bonds is 3. The van der Waals surface area contributed by atoms with Crippen molar-refractivity contribution in [3.05, 3.63) is 24.3 Å². The fourth-order valence-corrected chi connectivity index (χ4v) is 2.14. The van der Waals surface area contributed by atoms with Crippen molar-refractivity contribution >= 4 is 0 Å². The smallest absolute Gasteiger partial charge is 0.283 e. The minimum atomic E-state index is 0.459. The first-order chi connectivity index (χ1) is 8.42. The maximum Gasteiger partial charge on any atom is 0.283 e. The summed E-state index contributed by atoms with van der Waals surface area (Å²) < 4.78 is 10.8. The van der Waals surface area contributed by atoms with Crippen LogP contribution < -0.4 is 5.32 Å². The van der Waals surface area contributed by atoms with Gasteiger partial charge in [0, 0.05) is 12.5 Å². The van der Waals surface area contributed by atoms with Crippen LogP contribution in [-0.4, -0.2) is 22.8 Å². The van der Waals surface area contributed by atoms with Crippen LogP contribution in [0.15, 0.2) is 27.2 Å². The van der Waals surface area contributed by atoms with E-state index in [0.717, 1.165) is 13.0 Å². The van der Waals surface area contributed by atoms with Crippen LogP contribution in [0, 0.1) is 0 Å². The third kappa shape index (κ3) is 2.39. The molecule has 1 N–H and O–H groups in total. The SMILES string of the molecule is c1coc(-c2nnc(C[C@@H]3CCCCN3)o2)c1. The van der Waals surface area contributed by atoms with Crippen LogP contribution in [0.3, 0.4) is 0 Å². The summed E-state index contributed by atoms with van der Waals surface area (Å²) in [6.07, 6.45) is 6.11. The molecule has 0 aromatic carbocycles. The molecular formula is C12H15N3O2. The molecule has 3 rings (SSSR count). The zero-order valence-electron chi connectivity index (χ0n) is 9.56. The maximum atomic E-state index is 5.57. The van der Waals surface area contributed by atoms with E-state index < -0.39 is 0 Å². The standard InChI is InChI=1S/C12H15N3O2/c1-2-6-13-9(4-1)8-11-14-15-12(17-11)10-5-3-7-16-10/h3,5,7,9,13H,1-2,4,6,8H2/t9-/m0/s1. The molecule has 0 spiro atoms. The first-order valence-corrected chi connectivity index (χ1v) is 6.01. The van der Waals surface area contributed by atoms with Crippen LogP contribution in [-0.2, 0) is 6.42 Å². The fourth-order valence-electron chi connectivity index (χ4n) is 2.14. The Morgan fingerprint density at radius 1 is 1.35 bits per heavy atom. The first-order valence-electron chi connectivity index (χ1n) is 6.01. The summed E-state index contributed by atoms with van der Waals surface area (Å²) in [4.78, 5) is 0. The summed E-state index contributed by atoms with van der Waals surface area (Å²) in [5, 5.41) is 11.5. The zero-order valence-corrected chi connectivity index (χ0v) is 9.56. The summed E-state index contributed by atoms with van der Waals surface area (Å²) in [6.45, 7) is 1.09. The molecule has 0 saturated carbocycles. The van der Waals surface area contributed by atoms with Crippen LogP contribution in [0.2, 0.25) is 0 Å². The molecule has 1 atom stereocenters. The molecule has 1 aliphatic rings. The normalized spacial score (nSPS) is 20.6. The molecule has 0 radical (unpaired) electrons. The second-order valence-electron chi connectivity index (χ2n) is 4.33. The lowest BCUT2D eigenvalue weighted by atomic mass is 10.0. The van der Waals surface area contributed by atoms with Gasteiger partial charge in [-0.05, 0) is 31.5 Å². The van der Waals surface area contributed by atoms with E-state index in [9.17, 15) is 0 Å². The van der Waals surface area contributed by atoms with Crippen LogP contribution in [0.5, 0.6) is 0 Å². The number of aromatic nitrogens is 2. The lowest BCUT2D eigenvalue weighted by molar-refractivity contribution is 0.367. The highest BCUT2D eigenvalue weighted by Crippen LogP contribution is 2.19. The van der Waals surface area contributed by atoms with Gasteiger partial charge in [0.2, 0.25) is 5.89 Å². The number of nitrogens with one attached hydrogen (secondary N) is 1. The second kappa shape index (κ2) is 4.71. The molecule has 0 amide bonds. The monoisotopic (exact) mass is 233 g/mol. The number of nitrogens with zero attached hydrogens (tertiary/aromatic N) is 2. The van der Waals surface area contributed by atoms with Gasteiger partial charge in [-0.2, -0.15) is 0 Å². The Morgan fingerprint density at radius 3 is 3.12 bits per heavy atom. The van der Waals surface area contributed by atoms with Crippen molar-refractivity contribution in [3.8, 4) is 11.7 Å². The maximum absolute atomic E-state index is 5.57. The van der Waals surface area contributed by atoms with E-state index in [4.69, 9.17) is 8.83 Å². The van der Waals surface area contributed by atoms with Crippen molar-refractivity contribution < 1.29 is 8.83 Å². The van der Waals surface area contributed by atoms with Gasteiger partial charge in [0.25, 0.3) is 5.89 Å². The minimum Gasteiger partial charge on any atom is -0.459 e. The van der Waals surface area contributed by atoms with Gasteiger partial charge in [-0.1, -0.05) is 6.42 Å². The van der Waals surface area contributed by atoms with Gasteiger partial charge in [-0.25, -0.2) is 0 Å². The zero-order chi connectivity index (χ0) is 11.5. The third-order valence-corrected chi connectivity index (χ3v) is 3.03. The highest BCUT2D eigenvalue weighted by atomic mass is 16.4. The van der Waals surface area contributed by atoms with Gasteiger partial charge in [-0.3, -0.25) is 0 Å². The molecule has 90 valence electrons. The Labute approximate surface area is 99.2 Å². The van der Waals surface area contributed by atoms with Crippen molar-refractivity contribution in [2.75, 3.05) is 6.54 Å². The molecule has 0 aliphatic carbocycles. The van der Waals surface area contributed by atoms with E-state index in [1.54, 1.807) is 6.26 Å². The van der Waals surface area contributed by atoms with Gasteiger partial charge in [0.1, 0.15) is 0 Å². The molecule has 2 aromatic rings. The lowest BCUT2D eigenvalue weighted by Gasteiger charge is -2.21. The highest BCUT2D eigenvalue weighted by molar-refractivity contribution is 5.42. The summed E-state index contributed by atoms with van der Waals surface area (Å²) >= 11 is 0. The van der Waals surface area contributed by atoms with Crippen LogP contribution in [0.1, 0.15) is 25.2 Å². The first kappa shape index (κ1) is 10.5. The Bertz CT molecular complexity index is 458. The van der Waals surface area contributed by atoms with Crippen molar-refractivity contribution in [2.45, 2.75) is 31.7 Å². The summed E-state index contributed by atoms with van der Waals surface area (Å²) in [5.41, 5.74) is 0. The third-order valence-electron chi connectivity index (χ3n) is 3.03. The largest absolute Gasteiger partial charge is 0.459 e. The van der Waals surface area contributed by atoms with Crippen LogP contribution in [0.4, 0.5) is 0 Å². The number of hydrogen-bond donors (Lipinski definition) is 1. The lowest BCUT2D eigenvalue weighted by Crippen LogP contribution is -2.35. The fraction of sp³-hybridized carbons (Fsp3) is 0.500. The minimum absolute atomic E-state index is 0.459. The molecule has 3 heterocycles. The molecule has 5 nitrogen and oxygen atoms in total. The van der Waals surface area contributed by atoms with Gasteiger partial charge in [-0.15, -0.1) is 10.2 Å². The van der Waals surface area contributed by atoms with Crippen molar-refractivity contribution in [1.29, 1.82) is 0 Å². The highest BCUT2D eigenvalue weighted by Gasteiger charge is 2.17. The molecule has 1 aliphatic heterocycles. The van der Waals surface area contributed by atoms with Gasteiger partial charge < -0.3 is 14.2 Å². The van der Waals surface area contributed by atoms with Gasteiger partial charge >= 0.3 is 0 Å². The van der Waals surface area contributed by atoms with E-state index in [0.29, 0.717) is 23.6 Å². The van der Waals surface area contributed by atoms with Crippen molar-refractivity contribution in [3.63, 3.8) is 0 Å². The van der Waals surface area contributed by atoms with E-state index in [2.05, 4.69) is 15.5 Å². The molecule has 0 unspecified atom stereocenters. The molecule has 0 bridgehead atoms. The number of piperidine rings is 1. The molecular weight excluding hydrogens is 218 g/mol. The number of furan rings is 1. The van der Waals surface area contributed by atoms with Gasteiger partial charge in [0.15, 0.2) is 5.76 Å².